The molecular weight excluding hydrogens is 186 g/mol. The Labute approximate surface area is 82.2 Å². The Kier molecular flexibility index (Phi) is 3.43. The summed E-state index contributed by atoms with van der Waals surface area (Å²) < 4.78 is 4.75. The van der Waals surface area contributed by atoms with E-state index in [9.17, 15) is 9.59 Å². The minimum absolute atomic E-state index is 0.154. The molecule has 0 bridgehead atoms. The first kappa shape index (κ1) is 10.9. The smallest absolute Gasteiger partial charge is 0.242 e. The first-order valence-corrected chi connectivity index (χ1v) is 4.42. The van der Waals surface area contributed by atoms with Gasteiger partial charge in [0.15, 0.2) is 0 Å². The molecule has 1 aliphatic heterocycles. The first-order chi connectivity index (χ1) is 6.57. The normalized spacial score (nSPS) is 22.7. The molecule has 2 atom stereocenters. The lowest BCUT2D eigenvalue weighted by atomic mass is 10.0. The highest BCUT2D eigenvalue weighted by atomic mass is 16.5. The maximum Gasteiger partial charge on any atom is 0.242 e. The maximum atomic E-state index is 11.5. The van der Waals surface area contributed by atoms with Crippen LogP contribution in [-0.2, 0) is 14.3 Å². The lowest BCUT2D eigenvalue weighted by molar-refractivity contribution is -0.147. The predicted octanol–water partition coefficient (Wildman–Crippen LogP) is -1.95. The van der Waals surface area contributed by atoms with Gasteiger partial charge in [0.25, 0.3) is 0 Å². The third kappa shape index (κ3) is 2.02. The molecule has 14 heavy (non-hydrogen) atoms. The second-order valence-corrected chi connectivity index (χ2v) is 3.30. The zero-order valence-corrected chi connectivity index (χ0v) is 8.10. The van der Waals surface area contributed by atoms with Crippen molar-refractivity contribution in [2.75, 3.05) is 20.3 Å². The van der Waals surface area contributed by atoms with Gasteiger partial charge >= 0.3 is 0 Å². The van der Waals surface area contributed by atoms with Crippen LogP contribution in [0, 0.1) is 0 Å². The molecule has 4 N–H and O–H groups in total. The fourth-order valence-corrected chi connectivity index (χ4v) is 1.41. The molecule has 6 nitrogen and oxygen atoms in total. The van der Waals surface area contributed by atoms with Gasteiger partial charge in [-0.05, 0) is 6.42 Å². The lowest BCUT2D eigenvalue weighted by Gasteiger charge is -2.39. The summed E-state index contributed by atoms with van der Waals surface area (Å²) >= 11 is 0. The van der Waals surface area contributed by atoms with Crippen LogP contribution in [0.25, 0.3) is 0 Å². The zero-order chi connectivity index (χ0) is 10.7. The number of hydrogen-bond donors (Lipinski definition) is 2. The number of nitrogens with zero attached hydrogens (tertiary/aromatic N) is 1. The van der Waals surface area contributed by atoms with Crippen molar-refractivity contribution >= 4 is 11.8 Å². The van der Waals surface area contributed by atoms with Crippen LogP contribution in [-0.4, -0.2) is 49.1 Å². The van der Waals surface area contributed by atoms with Gasteiger partial charge in [-0.25, -0.2) is 0 Å². The van der Waals surface area contributed by atoms with Crippen LogP contribution in [0.15, 0.2) is 0 Å². The number of likely N-dealkylation sites (tertiary alicyclic amines) is 1. The van der Waals surface area contributed by atoms with E-state index in [2.05, 4.69) is 0 Å². The van der Waals surface area contributed by atoms with Gasteiger partial charge in [0.05, 0.1) is 6.61 Å². The van der Waals surface area contributed by atoms with Crippen molar-refractivity contribution in [3.63, 3.8) is 0 Å². The largest absolute Gasteiger partial charge is 0.383 e. The topological polar surface area (TPSA) is 98.7 Å². The van der Waals surface area contributed by atoms with Crippen molar-refractivity contribution in [2.45, 2.75) is 18.5 Å². The number of carbonyl (C=O) groups is 2. The minimum atomic E-state index is -0.706. The molecule has 80 valence electrons. The van der Waals surface area contributed by atoms with Crippen molar-refractivity contribution in [1.82, 2.24) is 4.90 Å². The molecule has 1 aliphatic rings. The predicted molar refractivity (Wildman–Crippen MR) is 49.2 cm³/mol. The van der Waals surface area contributed by atoms with E-state index >= 15 is 0 Å². The number of amides is 2. The number of carbonyl (C=O) groups excluding carboxylic acids is 2. The number of rotatable bonds is 4. The molecule has 1 heterocycles. The van der Waals surface area contributed by atoms with E-state index in [0.717, 1.165) is 0 Å². The van der Waals surface area contributed by atoms with E-state index in [1.54, 1.807) is 0 Å². The monoisotopic (exact) mass is 201 g/mol. The van der Waals surface area contributed by atoms with Gasteiger partial charge in [-0.2, -0.15) is 0 Å². The SMILES string of the molecule is COC[C@H](N)C(=O)N1CCC1C(N)=O. The quantitative estimate of drug-likeness (QED) is 0.552. The van der Waals surface area contributed by atoms with Crippen molar-refractivity contribution in [2.24, 2.45) is 11.5 Å². The molecule has 2 amide bonds. The number of nitrogens with two attached hydrogens (primary N) is 2. The van der Waals surface area contributed by atoms with Gasteiger partial charge < -0.3 is 21.1 Å². The molecule has 1 saturated heterocycles. The van der Waals surface area contributed by atoms with Gasteiger partial charge in [0.2, 0.25) is 11.8 Å². The average Bonchev–Trinajstić information content (AvgIpc) is 2.01. The summed E-state index contributed by atoms with van der Waals surface area (Å²) in [4.78, 5) is 23.8. The van der Waals surface area contributed by atoms with Crippen LogP contribution < -0.4 is 11.5 Å². The molecule has 0 aliphatic carbocycles. The third-order valence-electron chi connectivity index (χ3n) is 2.29. The van der Waals surface area contributed by atoms with E-state index in [1.165, 1.54) is 12.0 Å². The molecule has 6 heteroatoms. The summed E-state index contributed by atoms with van der Waals surface area (Å²) in [6, 6.07) is -1.19. The Hall–Kier alpha value is -1.14. The van der Waals surface area contributed by atoms with Gasteiger partial charge in [-0.1, -0.05) is 0 Å². The van der Waals surface area contributed by atoms with Crippen LogP contribution in [0.1, 0.15) is 6.42 Å². The summed E-state index contributed by atoms with van der Waals surface area (Å²) in [5.74, 6) is -0.754. The van der Waals surface area contributed by atoms with Crippen LogP contribution >= 0.6 is 0 Å². The number of ether oxygens (including phenoxy) is 1. The average molecular weight is 201 g/mol. The second kappa shape index (κ2) is 4.39. The van der Waals surface area contributed by atoms with Crippen molar-refractivity contribution in [1.29, 1.82) is 0 Å². The molecule has 0 aromatic rings. The molecule has 0 spiro atoms. The third-order valence-corrected chi connectivity index (χ3v) is 2.29. The Bertz CT molecular complexity index is 244. The molecule has 1 fully saturated rings. The molecule has 0 aromatic heterocycles. The fourth-order valence-electron chi connectivity index (χ4n) is 1.41. The molecule has 0 saturated carbocycles. The van der Waals surface area contributed by atoms with Crippen LogP contribution in [0.3, 0.4) is 0 Å². The van der Waals surface area contributed by atoms with E-state index in [-0.39, 0.29) is 12.5 Å². The van der Waals surface area contributed by atoms with E-state index in [0.29, 0.717) is 13.0 Å². The minimum Gasteiger partial charge on any atom is -0.383 e. The summed E-state index contributed by atoms with van der Waals surface area (Å²) in [5, 5.41) is 0. The Morgan fingerprint density at radius 1 is 1.64 bits per heavy atom. The van der Waals surface area contributed by atoms with Crippen LogP contribution in [0.2, 0.25) is 0 Å². The van der Waals surface area contributed by atoms with Crippen LogP contribution in [0.5, 0.6) is 0 Å². The van der Waals surface area contributed by atoms with Crippen LogP contribution in [0.4, 0.5) is 0 Å². The first-order valence-electron chi connectivity index (χ1n) is 4.42. The zero-order valence-electron chi connectivity index (χ0n) is 8.10. The number of methoxy groups -OCH3 is 1. The highest BCUT2D eigenvalue weighted by Gasteiger charge is 2.37. The summed E-state index contributed by atoms with van der Waals surface area (Å²) in [6.07, 6.45) is 0.626. The van der Waals surface area contributed by atoms with Crippen molar-refractivity contribution in [3.8, 4) is 0 Å². The van der Waals surface area contributed by atoms with Crippen molar-refractivity contribution < 1.29 is 14.3 Å². The molecule has 1 unspecified atom stereocenters. The molecule has 0 aromatic carbocycles. The Morgan fingerprint density at radius 2 is 2.29 bits per heavy atom. The Balaban J connectivity index is 2.49. The van der Waals surface area contributed by atoms with Gasteiger partial charge in [-0.15, -0.1) is 0 Å². The Morgan fingerprint density at radius 3 is 2.64 bits per heavy atom. The van der Waals surface area contributed by atoms with Gasteiger partial charge in [0.1, 0.15) is 12.1 Å². The fraction of sp³-hybridized carbons (Fsp3) is 0.750. The second-order valence-electron chi connectivity index (χ2n) is 3.30. The summed E-state index contributed by atoms with van der Waals surface area (Å²) in [5.41, 5.74) is 10.6. The molecule has 0 radical (unpaired) electrons. The molecule has 1 rings (SSSR count). The van der Waals surface area contributed by atoms with Crippen molar-refractivity contribution in [3.05, 3.63) is 0 Å². The lowest BCUT2D eigenvalue weighted by Crippen LogP contribution is -2.61. The number of primary amides is 1. The highest BCUT2D eigenvalue weighted by Crippen LogP contribution is 2.17. The maximum absolute atomic E-state index is 11.5. The number of hydrogen-bond acceptors (Lipinski definition) is 4. The standard InChI is InChI=1S/C8H15N3O3/c1-14-4-5(9)8(13)11-3-2-6(11)7(10)12/h5-6H,2-4,9H2,1H3,(H2,10,12)/t5-,6?/m0/s1. The summed E-state index contributed by atoms with van der Waals surface area (Å²) in [6.45, 7) is 0.699. The highest BCUT2D eigenvalue weighted by molar-refractivity contribution is 5.90. The molecular formula is C8H15N3O3. The van der Waals surface area contributed by atoms with E-state index in [1.807, 2.05) is 0 Å². The van der Waals surface area contributed by atoms with E-state index in [4.69, 9.17) is 16.2 Å². The summed E-state index contributed by atoms with van der Waals surface area (Å²) in [7, 11) is 1.47. The van der Waals surface area contributed by atoms with E-state index < -0.39 is 18.0 Å². The van der Waals surface area contributed by atoms with Gasteiger partial charge in [0, 0.05) is 13.7 Å². The van der Waals surface area contributed by atoms with Gasteiger partial charge in [-0.3, -0.25) is 9.59 Å².